The molecule has 1 atom stereocenters. The molecule has 0 bridgehead atoms. The zero-order chi connectivity index (χ0) is 22.0. The van der Waals surface area contributed by atoms with E-state index in [-0.39, 0.29) is 24.1 Å². The third-order valence-electron chi connectivity index (χ3n) is 5.45. The van der Waals surface area contributed by atoms with E-state index in [0.717, 1.165) is 28.1 Å². The highest BCUT2D eigenvalue weighted by Gasteiger charge is 2.35. The topological polar surface area (TPSA) is 101 Å². The van der Waals surface area contributed by atoms with Crippen molar-refractivity contribution < 1.29 is 19.1 Å². The minimum absolute atomic E-state index is 0.0683. The van der Waals surface area contributed by atoms with Gasteiger partial charge in [-0.2, -0.15) is 0 Å². The number of pyridine rings is 1. The number of H-pyrrole nitrogens is 1. The maximum absolute atomic E-state index is 13.1. The lowest BCUT2D eigenvalue weighted by molar-refractivity contribution is -0.145. The summed E-state index contributed by atoms with van der Waals surface area (Å²) in [5, 5.41) is 2.69. The summed E-state index contributed by atoms with van der Waals surface area (Å²) in [7, 11) is 1.34. The zero-order valence-corrected chi connectivity index (χ0v) is 17.4. The summed E-state index contributed by atoms with van der Waals surface area (Å²) < 4.78 is 4.87. The molecular weight excluding hydrogens is 394 g/mol. The van der Waals surface area contributed by atoms with Crippen LogP contribution in [-0.4, -0.2) is 34.7 Å². The number of carbonyl (C=O) groups excluding carboxylic acids is 3. The third-order valence-corrected chi connectivity index (χ3v) is 5.45. The molecule has 1 unspecified atom stereocenters. The van der Waals surface area contributed by atoms with Gasteiger partial charge in [-0.25, -0.2) is 4.98 Å². The predicted molar refractivity (Wildman–Crippen MR) is 116 cm³/mol. The van der Waals surface area contributed by atoms with Crippen molar-refractivity contribution in [1.82, 2.24) is 9.97 Å². The molecule has 2 N–H and O–H groups in total. The number of aromatic amines is 1. The van der Waals surface area contributed by atoms with E-state index in [9.17, 15) is 14.4 Å². The van der Waals surface area contributed by atoms with Crippen molar-refractivity contribution in [1.29, 1.82) is 0 Å². The number of rotatable bonds is 5. The number of amides is 1. The zero-order valence-electron chi connectivity index (χ0n) is 17.4. The molecule has 0 saturated heterocycles. The molecule has 0 radical (unpaired) electrons. The Balaban J connectivity index is 1.82. The number of Topliss-reactive ketones (excluding diaryl/α,β-unsaturated/α-hetero) is 1. The Hall–Kier alpha value is -3.74. The van der Waals surface area contributed by atoms with Gasteiger partial charge in [0.25, 0.3) is 0 Å². The van der Waals surface area contributed by atoms with E-state index >= 15 is 0 Å². The predicted octanol–water partition coefficient (Wildman–Crippen LogP) is 3.54. The summed E-state index contributed by atoms with van der Waals surface area (Å²) in [6.07, 6.45) is 2.73. The molecule has 0 saturated carbocycles. The number of anilines is 1. The second-order valence-corrected chi connectivity index (χ2v) is 7.66. The molecule has 0 aliphatic heterocycles. The summed E-state index contributed by atoms with van der Waals surface area (Å²) in [5.41, 5.74) is 4.95. The lowest BCUT2D eigenvalue weighted by atomic mass is 9.84. The fourth-order valence-corrected chi connectivity index (χ4v) is 4.12. The van der Waals surface area contributed by atoms with Crippen LogP contribution in [0.1, 0.15) is 40.5 Å². The number of methoxy groups -OCH3 is 1. The van der Waals surface area contributed by atoms with E-state index in [4.69, 9.17) is 4.74 Å². The van der Waals surface area contributed by atoms with Gasteiger partial charge in [-0.1, -0.05) is 30.3 Å². The van der Waals surface area contributed by atoms with Crippen molar-refractivity contribution in [3.8, 4) is 11.3 Å². The second-order valence-electron chi connectivity index (χ2n) is 7.66. The largest absolute Gasteiger partial charge is 0.469 e. The lowest BCUT2D eigenvalue weighted by Crippen LogP contribution is -2.27. The molecule has 3 aromatic rings. The first kappa shape index (κ1) is 20.5. The molecular formula is C24H23N3O4. The van der Waals surface area contributed by atoms with E-state index in [1.165, 1.54) is 14.0 Å². The van der Waals surface area contributed by atoms with E-state index in [1.54, 1.807) is 12.3 Å². The molecule has 4 rings (SSSR count). The first-order chi connectivity index (χ1) is 15.0. The van der Waals surface area contributed by atoms with Gasteiger partial charge < -0.3 is 15.0 Å². The highest BCUT2D eigenvalue weighted by molar-refractivity contribution is 6.04. The van der Waals surface area contributed by atoms with Crippen molar-refractivity contribution in [3.05, 3.63) is 71.0 Å². The average molecular weight is 417 g/mol. The monoisotopic (exact) mass is 417 g/mol. The Bertz CT molecular complexity index is 1150. The Morgan fingerprint density at radius 2 is 1.97 bits per heavy atom. The summed E-state index contributed by atoms with van der Waals surface area (Å²) in [5.74, 6) is -0.718. The number of aromatic nitrogens is 2. The molecule has 1 aliphatic rings. The van der Waals surface area contributed by atoms with Crippen molar-refractivity contribution in [3.63, 3.8) is 0 Å². The number of esters is 1. The molecule has 2 heterocycles. The van der Waals surface area contributed by atoms with Gasteiger partial charge in [0.1, 0.15) is 5.82 Å². The van der Waals surface area contributed by atoms with Gasteiger partial charge in [0, 0.05) is 49.2 Å². The summed E-state index contributed by atoms with van der Waals surface area (Å²) >= 11 is 0. The first-order valence-electron chi connectivity index (χ1n) is 10.1. The van der Waals surface area contributed by atoms with E-state index in [2.05, 4.69) is 15.3 Å². The number of fused-ring (bicyclic) bond motifs is 1. The molecule has 2 aromatic heterocycles. The van der Waals surface area contributed by atoms with Crippen LogP contribution in [0.5, 0.6) is 0 Å². The Kier molecular flexibility index (Phi) is 5.66. The first-order valence-corrected chi connectivity index (χ1v) is 10.1. The molecule has 7 nitrogen and oxygen atoms in total. The van der Waals surface area contributed by atoms with Gasteiger partial charge in [-0.05, 0) is 23.3 Å². The molecule has 1 aliphatic carbocycles. The minimum Gasteiger partial charge on any atom is -0.469 e. The summed E-state index contributed by atoms with van der Waals surface area (Å²) in [6, 6.07) is 13.5. The van der Waals surface area contributed by atoms with Gasteiger partial charge in [0.2, 0.25) is 5.91 Å². The standard InChI is InChI=1S/C24H23N3O4/c1-14(28)26-21-13-16(8-9-25-21)23-18(10-15-6-4-3-5-7-15)22-19(27-23)11-17(12-20(22)29)24(30)31-2/h3-9,13,17,27H,10-12H2,1-2H3,(H,25,26,28). The van der Waals surface area contributed by atoms with Crippen molar-refractivity contribution in [2.45, 2.75) is 26.2 Å². The molecule has 7 heteroatoms. The van der Waals surface area contributed by atoms with E-state index in [0.29, 0.717) is 24.2 Å². The fraction of sp³-hybridized carbons (Fsp3) is 0.250. The number of nitrogens with zero attached hydrogens (tertiary/aromatic N) is 1. The van der Waals surface area contributed by atoms with Crippen LogP contribution < -0.4 is 5.32 Å². The lowest BCUT2D eigenvalue weighted by Gasteiger charge is -2.19. The Morgan fingerprint density at radius 1 is 1.19 bits per heavy atom. The number of benzene rings is 1. The van der Waals surface area contributed by atoms with Gasteiger partial charge in [0.05, 0.1) is 18.7 Å². The van der Waals surface area contributed by atoms with Crippen molar-refractivity contribution in [2.24, 2.45) is 5.92 Å². The van der Waals surface area contributed by atoms with Crippen LogP contribution in [0.2, 0.25) is 0 Å². The number of carbonyl (C=O) groups is 3. The van der Waals surface area contributed by atoms with Crippen LogP contribution in [0.3, 0.4) is 0 Å². The van der Waals surface area contributed by atoms with Crippen LogP contribution in [0, 0.1) is 5.92 Å². The Morgan fingerprint density at radius 3 is 2.68 bits per heavy atom. The smallest absolute Gasteiger partial charge is 0.309 e. The number of hydrogen-bond donors (Lipinski definition) is 2. The third kappa shape index (κ3) is 4.26. The molecule has 1 aromatic carbocycles. The molecule has 31 heavy (non-hydrogen) atoms. The van der Waals surface area contributed by atoms with Crippen LogP contribution in [-0.2, 0) is 27.2 Å². The summed E-state index contributed by atoms with van der Waals surface area (Å²) in [6.45, 7) is 1.42. The van der Waals surface area contributed by atoms with Crippen molar-refractivity contribution in [2.75, 3.05) is 12.4 Å². The van der Waals surface area contributed by atoms with Gasteiger partial charge in [0.15, 0.2) is 5.78 Å². The SMILES string of the molecule is COC(=O)C1CC(=O)c2c([nH]c(-c3ccnc(NC(C)=O)c3)c2Cc2ccccc2)C1. The second kappa shape index (κ2) is 8.55. The number of nitrogens with one attached hydrogen (secondary N) is 2. The number of hydrogen-bond acceptors (Lipinski definition) is 5. The number of ether oxygens (including phenoxy) is 1. The Labute approximate surface area is 179 Å². The van der Waals surface area contributed by atoms with Gasteiger partial charge in [-0.15, -0.1) is 0 Å². The maximum Gasteiger partial charge on any atom is 0.309 e. The van der Waals surface area contributed by atoms with Gasteiger partial charge >= 0.3 is 5.97 Å². The van der Waals surface area contributed by atoms with E-state index < -0.39 is 5.92 Å². The van der Waals surface area contributed by atoms with Crippen LogP contribution in [0.25, 0.3) is 11.3 Å². The minimum atomic E-state index is -0.492. The van der Waals surface area contributed by atoms with E-state index in [1.807, 2.05) is 36.4 Å². The fourth-order valence-electron chi connectivity index (χ4n) is 4.12. The number of ketones is 1. The van der Waals surface area contributed by atoms with Crippen LogP contribution in [0.4, 0.5) is 5.82 Å². The molecule has 0 fully saturated rings. The molecule has 0 spiro atoms. The van der Waals surface area contributed by atoms with Crippen LogP contribution in [0.15, 0.2) is 48.7 Å². The van der Waals surface area contributed by atoms with Crippen molar-refractivity contribution >= 4 is 23.5 Å². The maximum atomic E-state index is 13.1. The summed E-state index contributed by atoms with van der Waals surface area (Å²) in [4.78, 5) is 44.2. The highest BCUT2D eigenvalue weighted by Crippen LogP contribution is 2.36. The normalized spacial score (nSPS) is 15.3. The molecule has 158 valence electrons. The van der Waals surface area contributed by atoms with Gasteiger partial charge in [-0.3, -0.25) is 14.4 Å². The van der Waals surface area contributed by atoms with Crippen LogP contribution >= 0.6 is 0 Å². The highest BCUT2D eigenvalue weighted by atomic mass is 16.5. The quantitative estimate of drug-likeness (QED) is 0.619. The molecule has 1 amide bonds. The average Bonchev–Trinajstić information content (AvgIpc) is 3.12.